The van der Waals surface area contributed by atoms with Crippen LogP contribution in [0.25, 0.3) is 0 Å². The minimum Gasteiger partial charge on any atom is -0.381 e. The lowest BCUT2D eigenvalue weighted by Gasteiger charge is -2.35. The van der Waals surface area contributed by atoms with E-state index in [0.29, 0.717) is 6.04 Å². The van der Waals surface area contributed by atoms with Crippen LogP contribution >= 0.6 is 0 Å². The molecule has 2 heterocycles. The van der Waals surface area contributed by atoms with Crippen molar-refractivity contribution in [3.63, 3.8) is 0 Å². The largest absolute Gasteiger partial charge is 0.381 e. The van der Waals surface area contributed by atoms with Crippen LogP contribution in [0, 0.1) is 6.92 Å². The molecule has 144 valence electrons. The third-order valence-corrected chi connectivity index (χ3v) is 5.73. The van der Waals surface area contributed by atoms with Gasteiger partial charge in [-0.15, -0.1) is 0 Å². The quantitative estimate of drug-likeness (QED) is 0.774. The second-order valence-electron chi connectivity index (χ2n) is 7.82. The Bertz CT molecular complexity index is 561. The fourth-order valence-corrected chi connectivity index (χ4v) is 4.22. The first-order chi connectivity index (χ1) is 12.7. The monoisotopic (exact) mass is 358 g/mol. The zero-order valence-corrected chi connectivity index (χ0v) is 16.3. The Hall–Kier alpha value is -1.39. The standard InChI is InChI=1S/C22H34N2O2/c1-19-8-6-9-20(18-19)22(25)24(21-10-16-26-17-11-21)15-7-14-23-12-4-2-3-5-13-23/h6,8-9,18,21H,2-5,7,10-17H2,1H3. The predicted molar refractivity (Wildman–Crippen MR) is 106 cm³/mol. The maximum absolute atomic E-state index is 13.2. The van der Waals surface area contributed by atoms with Crippen LogP contribution < -0.4 is 0 Å². The van der Waals surface area contributed by atoms with Gasteiger partial charge >= 0.3 is 0 Å². The Morgan fingerprint density at radius 3 is 2.58 bits per heavy atom. The first-order valence-corrected chi connectivity index (χ1v) is 10.4. The molecule has 1 aromatic carbocycles. The molecule has 0 radical (unpaired) electrons. The van der Waals surface area contributed by atoms with Gasteiger partial charge < -0.3 is 14.5 Å². The SMILES string of the molecule is Cc1cccc(C(=O)N(CCCN2CCCCCC2)C2CCOCC2)c1. The Morgan fingerprint density at radius 2 is 1.88 bits per heavy atom. The van der Waals surface area contributed by atoms with Crippen molar-refractivity contribution in [3.8, 4) is 0 Å². The Morgan fingerprint density at radius 1 is 1.15 bits per heavy atom. The van der Waals surface area contributed by atoms with Crippen LogP contribution in [0.3, 0.4) is 0 Å². The van der Waals surface area contributed by atoms with Crippen molar-refractivity contribution in [3.05, 3.63) is 35.4 Å². The summed E-state index contributed by atoms with van der Waals surface area (Å²) in [6.45, 7) is 8.01. The maximum Gasteiger partial charge on any atom is 0.254 e. The maximum atomic E-state index is 13.2. The molecule has 0 spiro atoms. The van der Waals surface area contributed by atoms with Crippen molar-refractivity contribution in [2.75, 3.05) is 39.4 Å². The highest BCUT2D eigenvalue weighted by molar-refractivity contribution is 5.94. The third-order valence-electron chi connectivity index (χ3n) is 5.73. The number of aryl methyl sites for hydroxylation is 1. The number of carbonyl (C=O) groups is 1. The van der Waals surface area contributed by atoms with Gasteiger partial charge in [0.1, 0.15) is 0 Å². The highest BCUT2D eigenvalue weighted by Crippen LogP contribution is 2.19. The molecule has 0 aliphatic carbocycles. The number of hydrogen-bond acceptors (Lipinski definition) is 3. The van der Waals surface area contributed by atoms with Gasteiger partial charge in [0.25, 0.3) is 5.91 Å². The van der Waals surface area contributed by atoms with Crippen molar-refractivity contribution in [2.45, 2.75) is 57.9 Å². The summed E-state index contributed by atoms with van der Waals surface area (Å²) in [6.07, 6.45) is 8.38. The van der Waals surface area contributed by atoms with Crippen molar-refractivity contribution in [2.24, 2.45) is 0 Å². The number of carbonyl (C=O) groups excluding carboxylic acids is 1. The Labute approximate surface area is 158 Å². The van der Waals surface area contributed by atoms with Gasteiger partial charge in [-0.2, -0.15) is 0 Å². The zero-order valence-electron chi connectivity index (χ0n) is 16.3. The highest BCUT2D eigenvalue weighted by Gasteiger charge is 2.26. The average molecular weight is 359 g/mol. The molecule has 26 heavy (non-hydrogen) atoms. The number of hydrogen-bond donors (Lipinski definition) is 0. The van der Waals surface area contributed by atoms with Crippen LogP contribution in [0.1, 0.15) is 60.9 Å². The van der Waals surface area contributed by atoms with E-state index in [1.807, 2.05) is 18.2 Å². The van der Waals surface area contributed by atoms with Crippen molar-refractivity contribution >= 4 is 5.91 Å². The van der Waals surface area contributed by atoms with Crippen LogP contribution in [0.2, 0.25) is 0 Å². The van der Waals surface area contributed by atoms with Gasteiger partial charge in [0.05, 0.1) is 0 Å². The van der Waals surface area contributed by atoms with E-state index in [1.54, 1.807) is 0 Å². The fraction of sp³-hybridized carbons (Fsp3) is 0.682. The Kier molecular flexibility index (Phi) is 7.51. The smallest absolute Gasteiger partial charge is 0.254 e. The van der Waals surface area contributed by atoms with E-state index in [9.17, 15) is 4.79 Å². The molecule has 2 aliphatic heterocycles. The second-order valence-corrected chi connectivity index (χ2v) is 7.82. The van der Waals surface area contributed by atoms with Crippen molar-refractivity contribution in [1.29, 1.82) is 0 Å². The topological polar surface area (TPSA) is 32.8 Å². The number of amides is 1. The molecule has 0 bridgehead atoms. The zero-order chi connectivity index (χ0) is 18.2. The molecule has 2 aliphatic rings. The number of benzene rings is 1. The summed E-state index contributed by atoms with van der Waals surface area (Å²) in [5.74, 6) is 0.191. The number of likely N-dealkylation sites (tertiary alicyclic amines) is 1. The second kappa shape index (κ2) is 10.1. The molecule has 0 unspecified atom stereocenters. The fourth-order valence-electron chi connectivity index (χ4n) is 4.22. The first kappa shape index (κ1) is 19.4. The van der Waals surface area contributed by atoms with Gasteiger partial charge in [-0.25, -0.2) is 0 Å². The summed E-state index contributed by atoms with van der Waals surface area (Å²) >= 11 is 0. The van der Waals surface area contributed by atoms with Crippen LogP contribution in [-0.4, -0.2) is 61.1 Å². The molecule has 4 nitrogen and oxygen atoms in total. The van der Waals surface area contributed by atoms with Crippen molar-refractivity contribution in [1.82, 2.24) is 9.80 Å². The van der Waals surface area contributed by atoms with Gasteiger partial charge in [-0.3, -0.25) is 4.79 Å². The molecular weight excluding hydrogens is 324 g/mol. The van der Waals surface area contributed by atoms with E-state index in [-0.39, 0.29) is 5.91 Å². The van der Waals surface area contributed by atoms with Gasteiger partial charge in [0.2, 0.25) is 0 Å². The van der Waals surface area contributed by atoms with Crippen LogP contribution in [0.5, 0.6) is 0 Å². The van der Waals surface area contributed by atoms with Crippen LogP contribution in [0.15, 0.2) is 24.3 Å². The number of nitrogens with zero attached hydrogens (tertiary/aromatic N) is 2. The van der Waals surface area contributed by atoms with Gasteiger partial charge in [-0.1, -0.05) is 30.5 Å². The lowest BCUT2D eigenvalue weighted by molar-refractivity contribution is 0.0280. The minimum absolute atomic E-state index is 0.191. The molecule has 0 atom stereocenters. The van der Waals surface area contributed by atoms with Gasteiger partial charge in [0, 0.05) is 31.4 Å². The number of rotatable bonds is 6. The molecule has 1 aromatic rings. The summed E-state index contributed by atoms with van der Waals surface area (Å²) in [4.78, 5) is 17.9. The normalized spacial score (nSPS) is 19.9. The third kappa shape index (κ3) is 5.55. The van der Waals surface area contributed by atoms with E-state index >= 15 is 0 Å². The lowest BCUT2D eigenvalue weighted by atomic mass is 10.0. The molecule has 2 saturated heterocycles. The van der Waals surface area contributed by atoms with Gasteiger partial charge in [0.15, 0.2) is 0 Å². The van der Waals surface area contributed by atoms with E-state index in [0.717, 1.165) is 56.7 Å². The average Bonchev–Trinajstić information content (AvgIpc) is 2.94. The lowest BCUT2D eigenvalue weighted by Crippen LogP contribution is -2.44. The summed E-state index contributed by atoms with van der Waals surface area (Å²) in [5.41, 5.74) is 1.97. The van der Waals surface area contributed by atoms with E-state index in [2.05, 4.69) is 22.8 Å². The van der Waals surface area contributed by atoms with E-state index in [1.165, 1.54) is 38.8 Å². The highest BCUT2D eigenvalue weighted by atomic mass is 16.5. The predicted octanol–water partition coefficient (Wildman–Crippen LogP) is 3.88. The molecule has 0 aromatic heterocycles. The van der Waals surface area contributed by atoms with Gasteiger partial charge in [-0.05, 0) is 70.8 Å². The molecular formula is C22H34N2O2. The molecule has 4 heteroatoms. The summed E-state index contributed by atoms with van der Waals surface area (Å²) in [5, 5.41) is 0. The summed E-state index contributed by atoms with van der Waals surface area (Å²) < 4.78 is 5.52. The molecule has 0 saturated carbocycles. The number of ether oxygens (including phenoxy) is 1. The minimum atomic E-state index is 0.191. The van der Waals surface area contributed by atoms with Crippen LogP contribution in [-0.2, 0) is 4.74 Å². The molecule has 1 amide bonds. The summed E-state index contributed by atoms with van der Waals surface area (Å²) in [6, 6.07) is 8.33. The van der Waals surface area contributed by atoms with E-state index < -0.39 is 0 Å². The van der Waals surface area contributed by atoms with Crippen molar-refractivity contribution < 1.29 is 9.53 Å². The van der Waals surface area contributed by atoms with E-state index in [4.69, 9.17) is 4.74 Å². The van der Waals surface area contributed by atoms with Crippen LogP contribution in [0.4, 0.5) is 0 Å². The summed E-state index contributed by atoms with van der Waals surface area (Å²) in [7, 11) is 0. The molecule has 0 N–H and O–H groups in total. The molecule has 3 rings (SSSR count). The Balaban J connectivity index is 1.61. The first-order valence-electron chi connectivity index (χ1n) is 10.4. The molecule has 2 fully saturated rings.